The lowest BCUT2D eigenvalue weighted by atomic mass is 10.1. The molecule has 0 amide bonds. The first kappa shape index (κ1) is 13.3. The minimum Gasteiger partial charge on any atom is -0.395 e. The summed E-state index contributed by atoms with van der Waals surface area (Å²) >= 11 is 5.76. The van der Waals surface area contributed by atoms with Gasteiger partial charge in [-0.25, -0.2) is 0 Å². The van der Waals surface area contributed by atoms with E-state index in [0.29, 0.717) is 12.1 Å². The molecule has 2 N–H and O–H groups in total. The van der Waals surface area contributed by atoms with Crippen molar-refractivity contribution in [2.45, 2.75) is 12.7 Å². The summed E-state index contributed by atoms with van der Waals surface area (Å²) in [7, 11) is 0. The third-order valence-electron chi connectivity index (χ3n) is 1.98. The van der Waals surface area contributed by atoms with Gasteiger partial charge in [0.1, 0.15) is 0 Å². The van der Waals surface area contributed by atoms with E-state index in [-0.39, 0.29) is 18.2 Å². The monoisotopic (exact) mass is 253 g/mol. The molecule has 0 saturated carbocycles. The summed E-state index contributed by atoms with van der Waals surface area (Å²) in [6.07, 6.45) is -4.36. The molecule has 0 fully saturated rings. The topological polar surface area (TPSA) is 32.3 Å². The van der Waals surface area contributed by atoms with Crippen molar-refractivity contribution in [3.63, 3.8) is 0 Å². The van der Waals surface area contributed by atoms with E-state index >= 15 is 0 Å². The van der Waals surface area contributed by atoms with E-state index < -0.39 is 11.7 Å². The van der Waals surface area contributed by atoms with Gasteiger partial charge in [-0.05, 0) is 23.8 Å². The summed E-state index contributed by atoms with van der Waals surface area (Å²) in [5.41, 5.74) is -0.359. The highest BCUT2D eigenvalue weighted by atomic mass is 35.5. The van der Waals surface area contributed by atoms with Gasteiger partial charge in [-0.1, -0.05) is 11.6 Å². The Labute approximate surface area is 96.0 Å². The highest BCUT2D eigenvalue weighted by molar-refractivity contribution is 6.31. The second-order valence-electron chi connectivity index (χ2n) is 3.20. The maximum Gasteiger partial charge on any atom is 0.416 e. The molecule has 0 heterocycles. The molecule has 0 unspecified atom stereocenters. The molecule has 2 nitrogen and oxygen atoms in total. The average molecular weight is 254 g/mol. The summed E-state index contributed by atoms with van der Waals surface area (Å²) in [6, 6.07) is 3.17. The molecule has 0 atom stereocenters. The first-order valence-electron chi connectivity index (χ1n) is 4.62. The van der Waals surface area contributed by atoms with Crippen molar-refractivity contribution < 1.29 is 18.3 Å². The molecule has 1 aromatic carbocycles. The van der Waals surface area contributed by atoms with Crippen molar-refractivity contribution in [1.82, 2.24) is 5.32 Å². The molecule has 0 aliphatic carbocycles. The molecule has 0 aromatic heterocycles. The van der Waals surface area contributed by atoms with E-state index in [1.54, 1.807) is 0 Å². The first-order valence-corrected chi connectivity index (χ1v) is 5.00. The summed E-state index contributed by atoms with van der Waals surface area (Å²) in [5, 5.41) is 11.6. The normalized spacial score (nSPS) is 11.8. The van der Waals surface area contributed by atoms with E-state index in [2.05, 4.69) is 5.32 Å². The molecule has 6 heteroatoms. The standard InChI is InChI=1S/C10H11ClF3NO/c11-9-2-1-8(10(12,13)14)5-7(9)6-15-3-4-16/h1-2,5,15-16H,3-4,6H2. The lowest BCUT2D eigenvalue weighted by molar-refractivity contribution is -0.137. The molecule has 0 spiro atoms. The van der Waals surface area contributed by atoms with Gasteiger partial charge in [0.2, 0.25) is 0 Å². The third-order valence-corrected chi connectivity index (χ3v) is 2.35. The number of hydrogen-bond donors (Lipinski definition) is 2. The van der Waals surface area contributed by atoms with Crippen LogP contribution in [0.3, 0.4) is 0 Å². The highest BCUT2D eigenvalue weighted by Gasteiger charge is 2.30. The molecule has 0 bridgehead atoms. The largest absolute Gasteiger partial charge is 0.416 e. The van der Waals surface area contributed by atoms with E-state index in [1.807, 2.05) is 0 Å². The van der Waals surface area contributed by atoms with Gasteiger partial charge in [0, 0.05) is 18.1 Å². The fraction of sp³-hybridized carbons (Fsp3) is 0.400. The van der Waals surface area contributed by atoms with E-state index in [4.69, 9.17) is 16.7 Å². The molecule has 0 saturated heterocycles. The number of aliphatic hydroxyl groups is 1. The van der Waals surface area contributed by atoms with Gasteiger partial charge in [0.05, 0.1) is 12.2 Å². The molecule has 1 rings (SSSR count). The van der Waals surface area contributed by atoms with Gasteiger partial charge in [-0.3, -0.25) is 0 Å². The molecule has 0 radical (unpaired) electrons. The van der Waals surface area contributed by atoms with Crippen LogP contribution in [0.1, 0.15) is 11.1 Å². The number of aliphatic hydroxyl groups excluding tert-OH is 1. The number of hydrogen-bond acceptors (Lipinski definition) is 2. The van der Waals surface area contributed by atoms with Crippen LogP contribution >= 0.6 is 11.6 Å². The molecule has 0 aliphatic rings. The van der Waals surface area contributed by atoms with Gasteiger partial charge >= 0.3 is 6.18 Å². The molecule has 0 aliphatic heterocycles. The minimum absolute atomic E-state index is 0.0728. The molecular formula is C10H11ClF3NO. The van der Waals surface area contributed by atoms with Crippen LogP contribution in [0.4, 0.5) is 13.2 Å². The van der Waals surface area contributed by atoms with Crippen molar-refractivity contribution in [2.24, 2.45) is 0 Å². The SMILES string of the molecule is OCCNCc1cc(C(F)(F)F)ccc1Cl. The van der Waals surface area contributed by atoms with Crippen molar-refractivity contribution in [1.29, 1.82) is 0 Å². The van der Waals surface area contributed by atoms with E-state index in [9.17, 15) is 13.2 Å². The van der Waals surface area contributed by atoms with Gasteiger partial charge in [0.15, 0.2) is 0 Å². The predicted octanol–water partition coefficient (Wildman–Crippen LogP) is 2.44. The minimum atomic E-state index is -4.36. The van der Waals surface area contributed by atoms with Crippen molar-refractivity contribution in [3.8, 4) is 0 Å². The Bertz CT molecular complexity index is 354. The van der Waals surface area contributed by atoms with Crippen molar-refractivity contribution >= 4 is 11.6 Å². The molecular weight excluding hydrogens is 243 g/mol. The Kier molecular flexibility index (Phi) is 4.58. The van der Waals surface area contributed by atoms with Gasteiger partial charge in [-0.15, -0.1) is 0 Å². The number of benzene rings is 1. The van der Waals surface area contributed by atoms with Crippen LogP contribution in [0.25, 0.3) is 0 Å². The zero-order chi connectivity index (χ0) is 12.2. The van der Waals surface area contributed by atoms with Gasteiger partial charge < -0.3 is 10.4 Å². The van der Waals surface area contributed by atoms with Crippen LogP contribution in [0.2, 0.25) is 5.02 Å². The number of halogens is 4. The smallest absolute Gasteiger partial charge is 0.395 e. The second kappa shape index (κ2) is 5.52. The van der Waals surface area contributed by atoms with Gasteiger partial charge in [-0.2, -0.15) is 13.2 Å². The number of alkyl halides is 3. The van der Waals surface area contributed by atoms with Gasteiger partial charge in [0.25, 0.3) is 0 Å². The van der Waals surface area contributed by atoms with E-state index in [1.165, 1.54) is 6.07 Å². The third kappa shape index (κ3) is 3.66. The zero-order valence-corrected chi connectivity index (χ0v) is 9.07. The van der Waals surface area contributed by atoms with Crippen LogP contribution in [0.5, 0.6) is 0 Å². The Morgan fingerprint density at radius 3 is 2.56 bits per heavy atom. The second-order valence-corrected chi connectivity index (χ2v) is 3.61. The zero-order valence-electron chi connectivity index (χ0n) is 8.31. The van der Waals surface area contributed by atoms with Crippen LogP contribution in [0, 0.1) is 0 Å². The maximum atomic E-state index is 12.4. The van der Waals surface area contributed by atoms with Crippen molar-refractivity contribution in [2.75, 3.05) is 13.2 Å². The Hall–Kier alpha value is -0.780. The lowest BCUT2D eigenvalue weighted by Gasteiger charge is -2.10. The van der Waals surface area contributed by atoms with Crippen molar-refractivity contribution in [3.05, 3.63) is 34.3 Å². The summed E-state index contributed by atoms with van der Waals surface area (Å²) in [4.78, 5) is 0. The summed E-state index contributed by atoms with van der Waals surface area (Å²) in [5.74, 6) is 0. The first-order chi connectivity index (χ1) is 7.45. The maximum absolute atomic E-state index is 12.4. The highest BCUT2D eigenvalue weighted by Crippen LogP contribution is 2.31. The summed E-state index contributed by atoms with van der Waals surface area (Å²) < 4.78 is 37.2. The average Bonchev–Trinajstić information content (AvgIpc) is 2.19. The fourth-order valence-electron chi connectivity index (χ4n) is 1.19. The number of rotatable bonds is 4. The van der Waals surface area contributed by atoms with Crippen LogP contribution in [-0.4, -0.2) is 18.3 Å². The Morgan fingerprint density at radius 1 is 1.31 bits per heavy atom. The molecule has 1 aromatic rings. The number of nitrogens with one attached hydrogen (secondary N) is 1. The fourth-order valence-corrected chi connectivity index (χ4v) is 1.37. The lowest BCUT2D eigenvalue weighted by Crippen LogP contribution is -2.18. The van der Waals surface area contributed by atoms with Crippen LogP contribution in [-0.2, 0) is 12.7 Å². The Balaban J connectivity index is 2.83. The summed E-state index contributed by atoms with van der Waals surface area (Å²) in [6.45, 7) is 0.437. The quantitative estimate of drug-likeness (QED) is 0.808. The molecule has 16 heavy (non-hydrogen) atoms. The predicted molar refractivity (Wildman–Crippen MR) is 55.2 cm³/mol. The van der Waals surface area contributed by atoms with Crippen LogP contribution < -0.4 is 5.32 Å². The van der Waals surface area contributed by atoms with E-state index in [0.717, 1.165) is 12.1 Å². The molecule has 90 valence electrons. The van der Waals surface area contributed by atoms with Crippen LogP contribution in [0.15, 0.2) is 18.2 Å². The Morgan fingerprint density at radius 2 is 2.00 bits per heavy atom.